The second kappa shape index (κ2) is 7.92. The van der Waals surface area contributed by atoms with Crippen molar-refractivity contribution < 1.29 is 4.74 Å². The number of guanidine groups is 1. The van der Waals surface area contributed by atoms with Crippen LogP contribution < -0.4 is 15.8 Å². The van der Waals surface area contributed by atoms with E-state index in [1.54, 1.807) is 6.20 Å². The number of halogens is 1. The molecule has 3 N–H and O–H groups in total. The zero-order valence-corrected chi connectivity index (χ0v) is 14.3. The minimum Gasteiger partial charge on any atom is -0.493 e. The van der Waals surface area contributed by atoms with Crippen LogP contribution in [0.3, 0.4) is 0 Å². The van der Waals surface area contributed by atoms with E-state index in [1.807, 2.05) is 36.4 Å². The third-order valence-electron chi connectivity index (χ3n) is 3.32. The molecular weight excluding hydrogens is 393 g/mol. The summed E-state index contributed by atoms with van der Waals surface area (Å²) in [7, 11) is 0. The molecule has 7 heteroatoms. The van der Waals surface area contributed by atoms with Gasteiger partial charge in [-0.25, -0.2) is 4.99 Å². The molecule has 0 bridgehead atoms. The zero-order chi connectivity index (χ0) is 14.5. The summed E-state index contributed by atoms with van der Waals surface area (Å²) in [6.07, 6.45) is 2.49. The van der Waals surface area contributed by atoms with Gasteiger partial charge in [-0.3, -0.25) is 0 Å². The lowest BCUT2D eigenvalue weighted by atomic mass is 10.0. The van der Waals surface area contributed by atoms with Crippen molar-refractivity contribution in [1.29, 1.82) is 0 Å². The van der Waals surface area contributed by atoms with Gasteiger partial charge in [-0.1, -0.05) is 18.2 Å². The van der Waals surface area contributed by atoms with E-state index in [0.29, 0.717) is 19.1 Å². The van der Waals surface area contributed by atoms with Gasteiger partial charge in [0.05, 0.1) is 24.9 Å². The zero-order valence-electron chi connectivity index (χ0n) is 12.0. The molecule has 0 aliphatic carbocycles. The van der Waals surface area contributed by atoms with Crippen LogP contribution in [0, 0.1) is 0 Å². The number of nitrogens with one attached hydrogen (secondary N) is 1. The van der Waals surface area contributed by atoms with E-state index < -0.39 is 0 Å². The summed E-state index contributed by atoms with van der Waals surface area (Å²) in [6, 6.07) is 11.8. The van der Waals surface area contributed by atoms with Gasteiger partial charge in [-0.2, -0.15) is 10.2 Å². The Hall–Kier alpha value is -1.90. The van der Waals surface area contributed by atoms with Crippen LogP contribution >= 0.6 is 24.0 Å². The fraction of sp³-hybridized carbons (Fsp3) is 0.267. The first-order chi connectivity index (χ1) is 10.3. The van der Waals surface area contributed by atoms with Gasteiger partial charge in [0.15, 0.2) is 5.96 Å². The van der Waals surface area contributed by atoms with Crippen molar-refractivity contribution in [3.63, 3.8) is 0 Å². The average molecular weight is 411 g/mol. The molecule has 0 fully saturated rings. The molecule has 1 aliphatic rings. The number of fused-ring (bicyclic) bond motifs is 1. The number of aliphatic imine (C=N–C) groups is 1. The highest BCUT2D eigenvalue weighted by molar-refractivity contribution is 14.0. The molecule has 0 saturated heterocycles. The summed E-state index contributed by atoms with van der Waals surface area (Å²) in [5, 5.41) is 11.0. The van der Waals surface area contributed by atoms with E-state index >= 15 is 0 Å². The van der Waals surface area contributed by atoms with E-state index in [0.717, 1.165) is 23.4 Å². The number of benzene rings is 1. The third-order valence-corrected chi connectivity index (χ3v) is 3.32. The van der Waals surface area contributed by atoms with Crippen LogP contribution in [0.4, 0.5) is 0 Å². The highest BCUT2D eigenvalue weighted by Gasteiger charge is 2.21. The Kier molecular flexibility index (Phi) is 5.93. The fourth-order valence-electron chi connectivity index (χ4n) is 2.30. The number of hydrogen-bond acceptors (Lipinski definition) is 4. The molecule has 1 aliphatic heterocycles. The Labute approximate surface area is 146 Å². The monoisotopic (exact) mass is 411 g/mol. The Bertz CT molecular complexity index is 635. The number of aromatic nitrogens is 2. The molecule has 3 rings (SSSR count). The topological polar surface area (TPSA) is 85.4 Å². The number of nitrogens with zero attached hydrogens (tertiary/aromatic N) is 3. The van der Waals surface area contributed by atoms with E-state index in [4.69, 9.17) is 10.5 Å². The fourth-order valence-corrected chi connectivity index (χ4v) is 2.30. The van der Waals surface area contributed by atoms with Gasteiger partial charge >= 0.3 is 0 Å². The predicted molar refractivity (Wildman–Crippen MR) is 95.2 cm³/mol. The first-order valence-corrected chi connectivity index (χ1v) is 6.87. The Morgan fingerprint density at radius 3 is 3.00 bits per heavy atom. The Balaban J connectivity index is 0.00000176. The quantitative estimate of drug-likeness (QED) is 0.459. The number of hydrogen-bond donors (Lipinski definition) is 2. The molecule has 0 radical (unpaired) electrons. The van der Waals surface area contributed by atoms with Gasteiger partial charge in [-0.05, 0) is 18.2 Å². The highest BCUT2D eigenvalue weighted by atomic mass is 127. The molecule has 0 saturated carbocycles. The predicted octanol–water partition coefficient (Wildman–Crippen LogP) is 2.02. The van der Waals surface area contributed by atoms with Gasteiger partial charge in [0.2, 0.25) is 0 Å². The minimum atomic E-state index is 0. The standard InChI is InChI=1S/C15H17N5O.HI/c16-15(17-10-11-4-3-8-18-20-11)19-13-7-9-21-14-6-2-1-5-12(13)14;/h1-6,8,13H,7,9-10H2,(H3,16,17,19);1H. The van der Waals surface area contributed by atoms with Gasteiger partial charge in [-0.15, -0.1) is 24.0 Å². The van der Waals surface area contributed by atoms with Crippen LogP contribution in [0.25, 0.3) is 0 Å². The Morgan fingerprint density at radius 2 is 2.18 bits per heavy atom. The molecular formula is C15H18IN5O. The van der Waals surface area contributed by atoms with Gasteiger partial charge < -0.3 is 15.8 Å². The largest absolute Gasteiger partial charge is 0.493 e. The lowest BCUT2D eigenvalue weighted by Gasteiger charge is -2.26. The minimum absolute atomic E-state index is 0. The van der Waals surface area contributed by atoms with Crippen molar-refractivity contribution in [2.75, 3.05) is 6.61 Å². The smallest absolute Gasteiger partial charge is 0.189 e. The van der Waals surface area contributed by atoms with Gasteiger partial charge in [0, 0.05) is 18.2 Å². The van der Waals surface area contributed by atoms with Crippen LogP contribution in [0.2, 0.25) is 0 Å². The molecule has 116 valence electrons. The summed E-state index contributed by atoms with van der Waals surface area (Å²) >= 11 is 0. The summed E-state index contributed by atoms with van der Waals surface area (Å²) in [5.41, 5.74) is 7.86. The molecule has 6 nitrogen and oxygen atoms in total. The van der Waals surface area contributed by atoms with Crippen molar-refractivity contribution in [2.24, 2.45) is 10.7 Å². The lowest BCUT2D eigenvalue weighted by molar-refractivity contribution is 0.262. The van der Waals surface area contributed by atoms with Crippen molar-refractivity contribution in [2.45, 2.75) is 19.0 Å². The van der Waals surface area contributed by atoms with Crippen LogP contribution in [-0.4, -0.2) is 22.8 Å². The number of para-hydroxylation sites is 1. The Morgan fingerprint density at radius 1 is 1.32 bits per heavy atom. The van der Waals surface area contributed by atoms with Crippen molar-refractivity contribution >= 4 is 29.9 Å². The molecule has 2 aromatic rings. The molecule has 0 amide bonds. The third kappa shape index (κ3) is 4.06. The molecule has 2 heterocycles. The normalized spacial score (nSPS) is 16.9. The molecule has 1 unspecified atom stereocenters. The first kappa shape index (κ1) is 16.5. The summed E-state index contributed by atoms with van der Waals surface area (Å²) in [5.74, 6) is 1.31. The van der Waals surface area contributed by atoms with E-state index in [9.17, 15) is 0 Å². The van der Waals surface area contributed by atoms with Crippen molar-refractivity contribution in [3.05, 3.63) is 53.9 Å². The van der Waals surface area contributed by atoms with Crippen molar-refractivity contribution in [3.8, 4) is 5.75 Å². The SMILES string of the molecule is I.NC(=NCc1cccnn1)NC1CCOc2ccccc21. The summed E-state index contributed by atoms with van der Waals surface area (Å²) in [6.45, 7) is 1.09. The highest BCUT2D eigenvalue weighted by Crippen LogP contribution is 2.31. The summed E-state index contributed by atoms with van der Waals surface area (Å²) in [4.78, 5) is 4.30. The second-order valence-electron chi connectivity index (χ2n) is 4.79. The van der Waals surface area contributed by atoms with E-state index in [-0.39, 0.29) is 30.0 Å². The van der Waals surface area contributed by atoms with E-state index in [2.05, 4.69) is 20.5 Å². The second-order valence-corrected chi connectivity index (χ2v) is 4.79. The number of rotatable bonds is 3. The summed E-state index contributed by atoms with van der Waals surface area (Å²) < 4.78 is 5.63. The number of nitrogens with two attached hydrogens (primary N) is 1. The maximum atomic E-state index is 5.96. The van der Waals surface area contributed by atoms with Crippen LogP contribution in [0.1, 0.15) is 23.7 Å². The van der Waals surface area contributed by atoms with Crippen molar-refractivity contribution in [1.82, 2.24) is 15.5 Å². The molecule has 1 atom stereocenters. The lowest BCUT2D eigenvalue weighted by Crippen LogP contribution is -2.37. The van der Waals surface area contributed by atoms with Gasteiger partial charge in [0.1, 0.15) is 5.75 Å². The molecule has 22 heavy (non-hydrogen) atoms. The van der Waals surface area contributed by atoms with Crippen LogP contribution in [0.5, 0.6) is 5.75 Å². The average Bonchev–Trinajstić information content (AvgIpc) is 2.54. The first-order valence-electron chi connectivity index (χ1n) is 6.87. The van der Waals surface area contributed by atoms with E-state index in [1.165, 1.54) is 0 Å². The molecule has 1 aromatic carbocycles. The maximum absolute atomic E-state index is 5.96. The van der Waals surface area contributed by atoms with Crippen LogP contribution in [-0.2, 0) is 6.54 Å². The van der Waals surface area contributed by atoms with Gasteiger partial charge in [0.25, 0.3) is 0 Å². The molecule has 1 aromatic heterocycles. The molecule has 0 spiro atoms. The maximum Gasteiger partial charge on any atom is 0.189 e. The number of ether oxygens (including phenoxy) is 1. The van der Waals surface area contributed by atoms with Crippen LogP contribution in [0.15, 0.2) is 47.6 Å².